The van der Waals surface area contributed by atoms with Crippen LogP contribution in [-0.4, -0.2) is 20.7 Å². The molecule has 2 rings (SSSR count). The van der Waals surface area contributed by atoms with Crippen molar-refractivity contribution in [3.8, 4) is 0 Å². The lowest BCUT2D eigenvalue weighted by molar-refractivity contribution is 0.101. The minimum absolute atomic E-state index is 0.323. The van der Waals surface area contributed by atoms with Crippen LogP contribution in [0.25, 0.3) is 0 Å². The Balaban J connectivity index is 2.22. The zero-order chi connectivity index (χ0) is 11.5. The minimum Gasteiger partial charge on any atom is -0.396 e. The van der Waals surface area contributed by atoms with E-state index in [1.807, 2.05) is 0 Å². The van der Waals surface area contributed by atoms with E-state index < -0.39 is 0 Å². The highest BCUT2D eigenvalue weighted by Gasteiger charge is 2.14. The Morgan fingerprint density at radius 1 is 1.50 bits per heavy atom. The average molecular weight is 217 g/mol. The number of hydrogen-bond donors (Lipinski definition) is 2. The van der Waals surface area contributed by atoms with Crippen molar-refractivity contribution in [2.45, 2.75) is 0 Å². The molecule has 0 aliphatic carbocycles. The summed E-state index contributed by atoms with van der Waals surface area (Å²) in [7, 11) is 1.66. The molecule has 0 aliphatic rings. The molecule has 2 heterocycles. The number of hydrogen-bond acceptors (Lipinski definition) is 4. The lowest BCUT2D eigenvalue weighted by Crippen LogP contribution is -2.18. The Labute approximate surface area is 92.1 Å². The van der Waals surface area contributed by atoms with Gasteiger partial charge in [0.05, 0.1) is 11.9 Å². The lowest BCUT2D eigenvalue weighted by Gasteiger charge is -2.04. The third kappa shape index (κ3) is 1.85. The summed E-state index contributed by atoms with van der Waals surface area (Å²) in [5, 5.41) is 6.52. The van der Waals surface area contributed by atoms with Crippen molar-refractivity contribution in [2.24, 2.45) is 7.05 Å². The number of anilines is 2. The van der Waals surface area contributed by atoms with Crippen LogP contribution in [0.15, 0.2) is 30.6 Å². The second-order valence-electron chi connectivity index (χ2n) is 3.24. The van der Waals surface area contributed by atoms with Gasteiger partial charge < -0.3 is 11.1 Å². The Kier molecular flexibility index (Phi) is 2.55. The van der Waals surface area contributed by atoms with Crippen molar-refractivity contribution in [2.75, 3.05) is 11.1 Å². The van der Waals surface area contributed by atoms with Crippen molar-refractivity contribution in [1.82, 2.24) is 14.8 Å². The second kappa shape index (κ2) is 4.01. The van der Waals surface area contributed by atoms with Crippen LogP contribution in [0.5, 0.6) is 0 Å². The van der Waals surface area contributed by atoms with E-state index in [0.29, 0.717) is 17.2 Å². The van der Waals surface area contributed by atoms with Crippen LogP contribution in [0.3, 0.4) is 0 Å². The largest absolute Gasteiger partial charge is 0.396 e. The van der Waals surface area contributed by atoms with Crippen molar-refractivity contribution in [3.05, 3.63) is 36.3 Å². The number of carbonyl (C=O) groups is 1. The number of pyridine rings is 1. The first kappa shape index (κ1) is 10.2. The highest BCUT2D eigenvalue weighted by Crippen LogP contribution is 2.11. The zero-order valence-electron chi connectivity index (χ0n) is 8.71. The van der Waals surface area contributed by atoms with Gasteiger partial charge in [-0.1, -0.05) is 6.07 Å². The Morgan fingerprint density at radius 3 is 2.88 bits per heavy atom. The van der Waals surface area contributed by atoms with E-state index in [9.17, 15) is 4.79 Å². The molecular weight excluding hydrogens is 206 g/mol. The predicted molar refractivity (Wildman–Crippen MR) is 59.8 cm³/mol. The highest BCUT2D eigenvalue weighted by atomic mass is 16.2. The molecule has 82 valence electrons. The molecule has 1 amide bonds. The quantitative estimate of drug-likeness (QED) is 0.773. The molecule has 2 aromatic heterocycles. The summed E-state index contributed by atoms with van der Waals surface area (Å²) in [4.78, 5) is 15.8. The van der Waals surface area contributed by atoms with Crippen molar-refractivity contribution in [3.63, 3.8) is 0 Å². The third-order valence-corrected chi connectivity index (χ3v) is 2.09. The van der Waals surface area contributed by atoms with Gasteiger partial charge >= 0.3 is 0 Å². The zero-order valence-corrected chi connectivity index (χ0v) is 8.71. The fourth-order valence-corrected chi connectivity index (χ4v) is 1.34. The van der Waals surface area contributed by atoms with E-state index in [1.54, 1.807) is 31.4 Å². The molecule has 0 radical (unpaired) electrons. The minimum atomic E-state index is -0.323. The van der Waals surface area contributed by atoms with E-state index in [4.69, 9.17) is 5.73 Å². The first-order chi connectivity index (χ1) is 7.68. The highest BCUT2D eigenvalue weighted by molar-refractivity contribution is 6.05. The molecule has 6 heteroatoms. The van der Waals surface area contributed by atoms with Gasteiger partial charge in [0.2, 0.25) is 0 Å². The fourth-order valence-electron chi connectivity index (χ4n) is 1.34. The standard InChI is InChI=1S/C10H11N5O/c1-15-9(7(11)6-13-15)10(16)14-8-4-2-3-5-12-8/h2-6H,11H2,1H3,(H,12,14,16). The molecule has 0 fully saturated rings. The maximum Gasteiger partial charge on any atom is 0.277 e. The van der Waals surface area contributed by atoms with Gasteiger partial charge in [0.25, 0.3) is 5.91 Å². The molecule has 16 heavy (non-hydrogen) atoms. The summed E-state index contributed by atoms with van der Waals surface area (Å²) in [6, 6.07) is 5.26. The number of aromatic nitrogens is 3. The molecule has 3 N–H and O–H groups in total. The van der Waals surface area contributed by atoms with Crippen LogP contribution >= 0.6 is 0 Å². The molecule has 0 saturated carbocycles. The van der Waals surface area contributed by atoms with Crippen molar-refractivity contribution >= 4 is 17.4 Å². The Hall–Kier alpha value is -2.37. The monoisotopic (exact) mass is 217 g/mol. The van der Waals surface area contributed by atoms with Crippen LogP contribution in [0.4, 0.5) is 11.5 Å². The smallest absolute Gasteiger partial charge is 0.277 e. The van der Waals surface area contributed by atoms with Crippen LogP contribution in [-0.2, 0) is 7.05 Å². The van der Waals surface area contributed by atoms with Gasteiger partial charge in [0.15, 0.2) is 0 Å². The molecule has 0 aliphatic heterocycles. The molecule has 0 atom stereocenters. The lowest BCUT2D eigenvalue weighted by atomic mass is 10.3. The Bertz CT molecular complexity index is 486. The summed E-state index contributed by atoms with van der Waals surface area (Å²) in [6.07, 6.45) is 3.04. The second-order valence-corrected chi connectivity index (χ2v) is 3.24. The van der Waals surface area contributed by atoms with Crippen LogP contribution in [0, 0.1) is 0 Å². The summed E-state index contributed by atoms with van der Waals surface area (Å²) >= 11 is 0. The number of nitrogens with two attached hydrogens (primary N) is 1. The molecule has 0 aromatic carbocycles. The number of carbonyl (C=O) groups excluding carboxylic acids is 1. The van der Waals surface area contributed by atoms with Gasteiger partial charge in [-0.05, 0) is 12.1 Å². The summed E-state index contributed by atoms with van der Waals surface area (Å²) < 4.78 is 1.42. The SMILES string of the molecule is Cn1ncc(N)c1C(=O)Nc1ccccn1. The number of amides is 1. The van der Waals surface area contributed by atoms with E-state index in [2.05, 4.69) is 15.4 Å². The number of aryl methyl sites for hydroxylation is 1. The first-order valence-electron chi connectivity index (χ1n) is 4.68. The van der Waals surface area contributed by atoms with Gasteiger partial charge in [-0.3, -0.25) is 9.48 Å². The van der Waals surface area contributed by atoms with Gasteiger partial charge in [0.1, 0.15) is 11.5 Å². The van der Waals surface area contributed by atoms with Crippen LogP contribution < -0.4 is 11.1 Å². The van der Waals surface area contributed by atoms with Crippen molar-refractivity contribution < 1.29 is 4.79 Å². The maximum atomic E-state index is 11.8. The van der Waals surface area contributed by atoms with E-state index in [1.165, 1.54) is 10.9 Å². The first-order valence-corrected chi connectivity index (χ1v) is 4.68. The summed E-state index contributed by atoms with van der Waals surface area (Å²) in [5.74, 6) is 0.157. The van der Waals surface area contributed by atoms with Gasteiger partial charge in [-0.25, -0.2) is 4.98 Å². The van der Waals surface area contributed by atoms with E-state index in [-0.39, 0.29) is 5.91 Å². The molecule has 0 spiro atoms. The average Bonchev–Trinajstić information content (AvgIpc) is 2.60. The molecule has 6 nitrogen and oxygen atoms in total. The molecular formula is C10H11N5O. The Morgan fingerprint density at radius 2 is 2.31 bits per heavy atom. The number of nitrogens with one attached hydrogen (secondary N) is 1. The van der Waals surface area contributed by atoms with Gasteiger partial charge in [0, 0.05) is 13.2 Å². The number of nitrogens with zero attached hydrogens (tertiary/aromatic N) is 3. The molecule has 0 bridgehead atoms. The molecule has 0 saturated heterocycles. The summed E-state index contributed by atoms with van der Waals surface area (Å²) in [6.45, 7) is 0. The number of rotatable bonds is 2. The third-order valence-electron chi connectivity index (χ3n) is 2.09. The van der Waals surface area contributed by atoms with Gasteiger partial charge in [-0.15, -0.1) is 0 Å². The predicted octanol–water partition coefficient (Wildman–Crippen LogP) is 0.650. The number of nitrogen functional groups attached to an aromatic ring is 1. The summed E-state index contributed by atoms with van der Waals surface area (Å²) in [5.41, 5.74) is 6.30. The topological polar surface area (TPSA) is 85.8 Å². The normalized spacial score (nSPS) is 10.1. The van der Waals surface area contributed by atoms with E-state index >= 15 is 0 Å². The van der Waals surface area contributed by atoms with Crippen LogP contribution in [0.1, 0.15) is 10.5 Å². The van der Waals surface area contributed by atoms with Crippen LogP contribution in [0.2, 0.25) is 0 Å². The molecule has 2 aromatic rings. The van der Waals surface area contributed by atoms with E-state index in [0.717, 1.165) is 0 Å². The maximum absolute atomic E-state index is 11.8. The van der Waals surface area contributed by atoms with Gasteiger partial charge in [-0.2, -0.15) is 5.10 Å². The fraction of sp³-hybridized carbons (Fsp3) is 0.100. The van der Waals surface area contributed by atoms with Crippen molar-refractivity contribution in [1.29, 1.82) is 0 Å². The molecule has 0 unspecified atom stereocenters.